The van der Waals surface area contributed by atoms with Crippen molar-refractivity contribution in [3.8, 4) is 0 Å². The quantitative estimate of drug-likeness (QED) is 0.584. The monoisotopic (exact) mass is 290 g/mol. The van der Waals surface area contributed by atoms with Crippen molar-refractivity contribution < 1.29 is 19.1 Å². The summed E-state index contributed by atoms with van der Waals surface area (Å²) in [5, 5.41) is 0. The van der Waals surface area contributed by atoms with E-state index in [1.807, 2.05) is 6.92 Å². The van der Waals surface area contributed by atoms with Gasteiger partial charge in [0, 0.05) is 12.2 Å². The average molecular weight is 290 g/mol. The molecule has 0 saturated heterocycles. The molecule has 0 amide bonds. The van der Waals surface area contributed by atoms with Crippen molar-refractivity contribution in [3.63, 3.8) is 0 Å². The minimum Gasteiger partial charge on any atom is -0.468 e. The zero-order valence-corrected chi connectivity index (χ0v) is 12.7. The summed E-state index contributed by atoms with van der Waals surface area (Å²) in [6, 6.07) is 0. The zero-order chi connectivity index (χ0) is 13.8. The second kappa shape index (κ2) is 6.52. The molecule has 0 aromatic heterocycles. The number of hydrogen-bond donors (Lipinski definition) is 0. The Morgan fingerprint density at radius 1 is 1.28 bits per heavy atom. The topological polar surface area (TPSA) is 52.6 Å². The van der Waals surface area contributed by atoms with Gasteiger partial charge in [0.1, 0.15) is 0 Å². The maximum Gasteiger partial charge on any atom is 0.332 e. The van der Waals surface area contributed by atoms with E-state index < -0.39 is 4.08 Å². The van der Waals surface area contributed by atoms with Crippen LogP contribution in [-0.4, -0.2) is 41.7 Å². The molecule has 18 heavy (non-hydrogen) atoms. The summed E-state index contributed by atoms with van der Waals surface area (Å²) in [7, 11) is 2.72. The molecule has 0 spiro atoms. The second-order valence-corrected chi connectivity index (χ2v) is 6.94. The number of thioether (sulfide) groups is 2. The summed E-state index contributed by atoms with van der Waals surface area (Å²) in [5.41, 5.74) is 2.48. The Hall–Kier alpha value is -0.620. The van der Waals surface area contributed by atoms with Gasteiger partial charge in [0.2, 0.25) is 0 Å². The van der Waals surface area contributed by atoms with E-state index in [2.05, 4.69) is 11.7 Å². The number of carbonyl (C=O) groups is 2. The Morgan fingerprint density at radius 2 is 1.94 bits per heavy atom. The van der Waals surface area contributed by atoms with Crippen molar-refractivity contribution in [2.75, 3.05) is 25.7 Å². The van der Waals surface area contributed by atoms with Crippen molar-refractivity contribution >= 4 is 35.5 Å². The molecular weight excluding hydrogens is 272 g/mol. The zero-order valence-electron chi connectivity index (χ0n) is 11.1. The number of rotatable bonds is 4. The van der Waals surface area contributed by atoms with Crippen LogP contribution < -0.4 is 0 Å². The van der Waals surface area contributed by atoms with Gasteiger partial charge in [-0.25, -0.2) is 4.79 Å². The van der Waals surface area contributed by atoms with Crippen molar-refractivity contribution in [2.45, 2.75) is 24.3 Å². The van der Waals surface area contributed by atoms with Crippen molar-refractivity contribution in [3.05, 3.63) is 11.1 Å². The first-order valence-electron chi connectivity index (χ1n) is 5.53. The van der Waals surface area contributed by atoms with E-state index in [0.29, 0.717) is 6.42 Å². The van der Waals surface area contributed by atoms with E-state index in [0.717, 1.165) is 5.75 Å². The second-order valence-electron chi connectivity index (χ2n) is 4.14. The fourth-order valence-corrected chi connectivity index (χ4v) is 4.46. The van der Waals surface area contributed by atoms with Crippen LogP contribution in [0.3, 0.4) is 0 Å². The van der Waals surface area contributed by atoms with Gasteiger partial charge in [-0.1, -0.05) is 11.1 Å². The van der Waals surface area contributed by atoms with Crippen LogP contribution >= 0.6 is 23.5 Å². The predicted octanol–water partition coefficient (Wildman–Crippen LogP) is 2.24. The number of esters is 2. The van der Waals surface area contributed by atoms with E-state index in [9.17, 15) is 9.59 Å². The molecule has 0 aromatic rings. The highest BCUT2D eigenvalue weighted by Crippen LogP contribution is 2.47. The third-order valence-electron chi connectivity index (χ3n) is 2.90. The molecule has 1 unspecified atom stereocenters. The molecule has 0 fully saturated rings. The van der Waals surface area contributed by atoms with Crippen molar-refractivity contribution in [2.24, 2.45) is 0 Å². The molecule has 0 N–H and O–H groups in total. The fraction of sp³-hybridized carbons (Fsp3) is 0.667. The van der Waals surface area contributed by atoms with Gasteiger partial charge >= 0.3 is 11.9 Å². The lowest BCUT2D eigenvalue weighted by Crippen LogP contribution is -2.37. The minimum absolute atomic E-state index is 0.158. The summed E-state index contributed by atoms with van der Waals surface area (Å²) in [4.78, 5) is 23.2. The average Bonchev–Trinajstić information content (AvgIpc) is 2.38. The maximum absolute atomic E-state index is 12.0. The molecule has 4 nitrogen and oxygen atoms in total. The predicted molar refractivity (Wildman–Crippen MR) is 74.7 cm³/mol. The minimum atomic E-state index is -0.716. The molecule has 0 saturated carbocycles. The summed E-state index contributed by atoms with van der Waals surface area (Å²) >= 11 is 2.83. The van der Waals surface area contributed by atoms with Gasteiger partial charge < -0.3 is 9.47 Å². The van der Waals surface area contributed by atoms with Crippen LogP contribution in [0.2, 0.25) is 0 Å². The number of methoxy groups -OCH3 is 2. The first kappa shape index (κ1) is 15.4. The molecule has 102 valence electrons. The lowest BCUT2D eigenvalue weighted by Gasteiger charge is -2.34. The van der Waals surface area contributed by atoms with Crippen LogP contribution in [0.5, 0.6) is 0 Å². The van der Waals surface area contributed by atoms with Crippen molar-refractivity contribution in [1.82, 2.24) is 0 Å². The number of carbonyl (C=O) groups excluding carboxylic acids is 2. The Kier molecular flexibility index (Phi) is 5.59. The van der Waals surface area contributed by atoms with Gasteiger partial charge in [-0.15, -0.1) is 23.5 Å². The molecule has 0 bridgehead atoms. The highest BCUT2D eigenvalue weighted by molar-refractivity contribution is 8.19. The summed E-state index contributed by atoms with van der Waals surface area (Å²) in [6.07, 6.45) is 0.609. The van der Waals surface area contributed by atoms with Gasteiger partial charge in [0.25, 0.3) is 0 Å². The van der Waals surface area contributed by atoms with E-state index in [1.54, 1.807) is 0 Å². The molecule has 1 aliphatic heterocycles. The summed E-state index contributed by atoms with van der Waals surface area (Å²) < 4.78 is 8.79. The van der Waals surface area contributed by atoms with Crippen LogP contribution in [0.15, 0.2) is 11.1 Å². The third kappa shape index (κ3) is 3.45. The van der Waals surface area contributed by atoms with E-state index in [-0.39, 0.29) is 17.7 Å². The molecule has 0 aliphatic carbocycles. The van der Waals surface area contributed by atoms with Gasteiger partial charge in [0.15, 0.2) is 4.08 Å². The highest BCUT2D eigenvalue weighted by atomic mass is 32.2. The SMILES string of the molecule is COC(=O)CSC1(C(=O)OC)CC(C)=C(C)CS1. The molecule has 0 radical (unpaired) electrons. The van der Waals surface area contributed by atoms with Gasteiger partial charge in [0.05, 0.1) is 20.0 Å². The number of ether oxygens (including phenoxy) is 2. The van der Waals surface area contributed by atoms with Crippen molar-refractivity contribution in [1.29, 1.82) is 0 Å². The lowest BCUT2D eigenvalue weighted by atomic mass is 10.1. The van der Waals surface area contributed by atoms with Gasteiger partial charge in [-0.05, 0) is 13.8 Å². The Labute approximate surface area is 116 Å². The molecule has 1 heterocycles. The first-order chi connectivity index (χ1) is 8.45. The lowest BCUT2D eigenvalue weighted by molar-refractivity contribution is -0.140. The van der Waals surface area contributed by atoms with Crippen LogP contribution in [0.4, 0.5) is 0 Å². The van der Waals surface area contributed by atoms with E-state index in [4.69, 9.17) is 4.74 Å². The molecule has 1 atom stereocenters. The van der Waals surface area contributed by atoms with Crippen LogP contribution in [0.1, 0.15) is 20.3 Å². The number of hydrogen-bond acceptors (Lipinski definition) is 6. The molecule has 1 rings (SSSR count). The first-order valence-corrected chi connectivity index (χ1v) is 7.50. The summed E-state index contributed by atoms with van der Waals surface area (Å²) in [5.74, 6) is 0.334. The van der Waals surface area contributed by atoms with Gasteiger partial charge in [-0.2, -0.15) is 0 Å². The standard InChI is InChI=1S/C12H18O4S2/c1-8-5-12(11(14)16-4,17-6-9(8)2)18-7-10(13)15-3/h5-7H2,1-4H3. The van der Waals surface area contributed by atoms with Gasteiger partial charge in [-0.3, -0.25) is 4.79 Å². The molecule has 6 heteroatoms. The Bertz CT molecular complexity index is 378. The van der Waals surface area contributed by atoms with Crippen LogP contribution in [0.25, 0.3) is 0 Å². The maximum atomic E-state index is 12.0. The number of allylic oxidation sites excluding steroid dienone is 1. The van der Waals surface area contributed by atoms with Crippen LogP contribution in [-0.2, 0) is 19.1 Å². The Morgan fingerprint density at radius 3 is 2.44 bits per heavy atom. The van der Waals surface area contributed by atoms with E-state index in [1.165, 1.54) is 48.9 Å². The molecule has 1 aliphatic rings. The normalized spacial score (nSPS) is 23.8. The summed E-state index contributed by atoms with van der Waals surface area (Å²) in [6.45, 7) is 4.08. The fourth-order valence-electron chi connectivity index (χ4n) is 1.57. The molecular formula is C12H18O4S2. The smallest absolute Gasteiger partial charge is 0.332 e. The molecule has 0 aromatic carbocycles. The third-order valence-corrected chi connectivity index (χ3v) is 6.11. The van der Waals surface area contributed by atoms with Crippen LogP contribution in [0, 0.1) is 0 Å². The highest BCUT2D eigenvalue weighted by Gasteiger charge is 2.43. The largest absolute Gasteiger partial charge is 0.468 e. The Balaban J connectivity index is 2.85. The van der Waals surface area contributed by atoms with E-state index >= 15 is 0 Å².